The van der Waals surface area contributed by atoms with Crippen LogP contribution in [-0.4, -0.2) is 5.11 Å². The zero-order valence-electron chi connectivity index (χ0n) is 14.7. The third-order valence-electron chi connectivity index (χ3n) is 3.82. The molecule has 0 aliphatic heterocycles. The summed E-state index contributed by atoms with van der Waals surface area (Å²) in [6, 6.07) is 17.7. The lowest BCUT2D eigenvalue weighted by Crippen LogP contribution is -2.10. The van der Waals surface area contributed by atoms with Crippen LogP contribution < -0.4 is 5.32 Å². The van der Waals surface area contributed by atoms with Crippen LogP contribution in [0.3, 0.4) is 0 Å². The topological polar surface area (TPSA) is 32.3 Å². The highest BCUT2D eigenvalue weighted by Gasteiger charge is 2.12. The summed E-state index contributed by atoms with van der Waals surface area (Å²) < 4.78 is 26.6. The van der Waals surface area contributed by atoms with E-state index in [9.17, 15) is 13.9 Å². The van der Waals surface area contributed by atoms with Crippen molar-refractivity contribution in [3.05, 3.63) is 94.5 Å². The van der Waals surface area contributed by atoms with Crippen LogP contribution in [-0.2, 0) is 6.61 Å². The minimum Gasteiger partial charge on any atom is -0.392 e. The molecule has 2 N–H and O–H groups in total. The Hall–Kier alpha value is -2.08. The Morgan fingerprint density at radius 1 is 1.04 bits per heavy atom. The quantitative estimate of drug-likeness (QED) is 0.446. The Balaban J connectivity index is 0.000000273. The molecule has 2 nitrogen and oxygen atoms in total. The fraction of sp³-hybridized carbons (Fsp3) is 0.143. The van der Waals surface area contributed by atoms with Crippen LogP contribution in [0.1, 0.15) is 24.1 Å². The van der Waals surface area contributed by atoms with Crippen LogP contribution in [0, 0.1) is 11.6 Å². The summed E-state index contributed by atoms with van der Waals surface area (Å²) in [6.07, 6.45) is 0. The van der Waals surface area contributed by atoms with E-state index in [1.165, 1.54) is 0 Å². The van der Waals surface area contributed by atoms with Gasteiger partial charge in [-0.1, -0.05) is 35.9 Å². The van der Waals surface area contributed by atoms with E-state index in [1.807, 2.05) is 49.4 Å². The summed E-state index contributed by atoms with van der Waals surface area (Å²) in [5.74, 6) is -0.999. The molecule has 0 fully saturated rings. The van der Waals surface area contributed by atoms with Crippen molar-refractivity contribution < 1.29 is 13.9 Å². The maximum atomic E-state index is 13.5. The van der Waals surface area contributed by atoms with E-state index in [2.05, 4.69) is 17.9 Å². The first-order valence-electron chi connectivity index (χ1n) is 8.25. The molecule has 0 aliphatic rings. The summed E-state index contributed by atoms with van der Waals surface area (Å²) in [5.41, 5.74) is 1.73. The normalized spacial score (nSPS) is 11.3. The number of anilines is 1. The molecule has 3 rings (SSSR count). The Morgan fingerprint density at radius 2 is 1.70 bits per heavy atom. The predicted molar refractivity (Wildman–Crippen MR) is 109 cm³/mol. The van der Waals surface area contributed by atoms with Crippen molar-refractivity contribution in [1.29, 1.82) is 0 Å². The van der Waals surface area contributed by atoms with Gasteiger partial charge in [0.15, 0.2) is 0 Å². The molecule has 0 amide bonds. The van der Waals surface area contributed by atoms with Crippen LogP contribution >= 0.6 is 24.2 Å². The van der Waals surface area contributed by atoms with Crippen LogP contribution in [0.15, 0.2) is 71.6 Å². The summed E-state index contributed by atoms with van der Waals surface area (Å²) in [7, 11) is 0. The largest absolute Gasteiger partial charge is 0.392 e. The summed E-state index contributed by atoms with van der Waals surface area (Å²) >= 11 is 9.65. The van der Waals surface area contributed by atoms with Crippen LogP contribution in [0.25, 0.3) is 0 Å². The molecule has 3 aromatic rings. The van der Waals surface area contributed by atoms with Gasteiger partial charge >= 0.3 is 0 Å². The van der Waals surface area contributed by atoms with Gasteiger partial charge in [0.1, 0.15) is 11.6 Å². The van der Waals surface area contributed by atoms with Gasteiger partial charge in [-0.15, -0.1) is 12.6 Å². The second-order valence-electron chi connectivity index (χ2n) is 5.82. The lowest BCUT2D eigenvalue weighted by molar-refractivity contribution is 0.280. The second kappa shape index (κ2) is 10.3. The van der Waals surface area contributed by atoms with Gasteiger partial charge in [-0.3, -0.25) is 0 Å². The molecule has 0 aliphatic carbocycles. The number of aliphatic hydroxyl groups is 1. The van der Waals surface area contributed by atoms with Crippen molar-refractivity contribution >= 4 is 29.9 Å². The first kappa shape index (κ1) is 21.2. The van der Waals surface area contributed by atoms with Crippen molar-refractivity contribution in [2.24, 2.45) is 0 Å². The van der Waals surface area contributed by atoms with Gasteiger partial charge in [0.05, 0.1) is 12.3 Å². The molecule has 3 aromatic carbocycles. The van der Waals surface area contributed by atoms with E-state index in [1.54, 1.807) is 6.07 Å². The van der Waals surface area contributed by atoms with Crippen molar-refractivity contribution in [1.82, 2.24) is 0 Å². The molecule has 0 saturated heterocycles. The standard InChI is InChI=1S/C15H15F2NO.C6H5ClS/c1-10(13-5-3-2-4-11(13)9-19)18-15-8-12(16)6-7-14(15)17;7-5-1-3-6(8)4-2-5/h2-8,10,18-19H,9H2,1H3;1-4,8H. The predicted octanol–water partition coefficient (Wildman–Crippen LogP) is 6.26. The number of nitrogens with one attached hydrogen (secondary N) is 1. The number of rotatable bonds is 4. The molecule has 1 unspecified atom stereocenters. The van der Waals surface area contributed by atoms with Crippen LogP contribution in [0.2, 0.25) is 5.02 Å². The van der Waals surface area contributed by atoms with Gasteiger partial charge < -0.3 is 10.4 Å². The molecule has 1 atom stereocenters. The van der Waals surface area contributed by atoms with Gasteiger partial charge in [0, 0.05) is 16.0 Å². The smallest absolute Gasteiger partial charge is 0.146 e. The molecular weight excluding hydrogens is 388 g/mol. The molecule has 142 valence electrons. The van der Waals surface area contributed by atoms with Crippen LogP contribution in [0.5, 0.6) is 0 Å². The van der Waals surface area contributed by atoms with Crippen molar-refractivity contribution in [3.8, 4) is 0 Å². The lowest BCUT2D eigenvalue weighted by atomic mass is 10.0. The van der Waals surface area contributed by atoms with E-state index in [0.29, 0.717) is 0 Å². The zero-order valence-corrected chi connectivity index (χ0v) is 16.3. The van der Waals surface area contributed by atoms with E-state index >= 15 is 0 Å². The third-order valence-corrected chi connectivity index (χ3v) is 4.37. The Bertz CT molecular complexity index is 853. The Kier molecular flexibility index (Phi) is 8.10. The minimum absolute atomic E-state index is 0.0895. The molecule has 27 heavy (non-hydrogen) atoms. The maximum absolute atomic E-state index is 13.5. The minimum atomic E-state index is -0.505. The van der Waals surface area contributed by atoms with Gasteiger partial charge in [-0.05, 0) is 60.5 Å². The van der Waals surface area contributed by atoms with E-state index in [0.717, 1.165) is 39.2 Å². The van der Waals surface area contributed by atoms with Crippen LogP contribution in [0.4, 0.5) is 14.5 Å². The fourth-order valence-electron chi connectivity index (χ4n) is 2.46. The molecular formula is C21H20ClF2NOS. The highest BCUT2D eigenvalue weighted by Crippen LogP contribution is 2.24. The second-order valence-corrected chi connectivity index (χ2v) is 6.78. The van der Waals surface area contributed by atoms with Crippen molar-refractivity contribution in [3.63, 3.8) is 0 Å². The van der Waals surface area contributed by atoms with Gasteiger partial charge in [-0.2, -0.15) is 0 Å². The first-order chi connectivity index (χ1) is 12.9. The Labute approximate surface area is 168 Å². The van der Waals surface area contributed by atoms with E-state index in [4.69, 9.17) is 11.6 Å². The summed E-state index contributed by atoms with van der Waals surface area (Å²) in [4.78, 5) is 0.939. The van der Waals surface area contributed by atoms with Crippen molar-refractivity contribution in [2.75, 3.05) is 5.32 Å². The molecule has 6 heteroatoms. The number of halogens is 3. The average Bonchev–Trinajstić information content (AvgIpc) is 2.67. The molecule has 0 spiro atoms. The highest BCUT2D eigenvalue weighted by atomic mass is 35.5. The Morgan fingerprint density at radius 3 is 2.33 bits per heavy atom. The van der Waals surface area contributed by atoms with E-state index in [-0.39, 0.29) is 18.3 Å². The number of aliphatic hydroxyl groups excluding tert-OH is 1. The number of benzene rings is 3. The van der Waals surface area contributed by atoms with Gasteiger partial charge in [-0.25, -0.2) is 8.78 Å². The summed E-state index contributed by atoms with van der Waals surface area (Å²) in [6.45, 7) is 1.74. The van der Waals surface area contributed by atoms with Gasteiger partial charge in [0.25, 0.3) is 0 Å². The SMILES string of the molecule is CC(Nc1cc(F)ccc1F)c1ccccc1CO.Sc1ccc(Cl)cc1. The summed E-state index contributed by atoms with van der Waals surface area (Å²) in [5, 5.41) is 12.9. The molecule has 0 saturated carbocycles. The van der Waals surface area contributed by atoms with Crippen molar-refractivity contribution in [2.45, 2.75) is 24.5 Å². The number of hydrogen-bond acceptors (Lipinski definition) is 3. The van der Waals surface area contributed by atoms with Gasteiger partial charge in [0.2, 0.25) is 0 Å². The first-order valence-corrected chi connectivity index (χ1v) is 9.08. The van der Waals surface area contributed by atoms with E-state index < -0.39 is 11.6 Å². The zero-order chi connectivity index (χ0) is 19.8. The molecule has 0 aromatic heterocycles. The third kappa shape index (κ3) is 6.54. The maximum Gasteiger partial charge on any atom is 0.146 e. The fourth-order valence-corrected chi connectivity index (χ4v) is 2.74. The highest BCUT2D eigenvalue weighted by molar-refractivity contribution is 7.80. The average molecular weight is 408 g/mol. The monoisotopic (exact) mass is 407 g/mol. The lowest BCUT2D eigenvalue weighted by Gasteiger charge is -2.18. The molecule has 0 radical (unpaired) electrons. The molecule has 0 heterocycles. The molecule has 0 bridgehead atoms. The number of hydrogen-bond donors (Lipinski definition) is 3. The number of thiol groups is 1.